The molecule has 0 radical (unpaired) electrons. The lowest BCUT2D eigenvalue weighted by Crippen LogP contribution is -2.36. The van der Waals surface area contributed by atoms with Gasteiger partial charge in [0.05, 0.1) is 6.61 Å². The van der Waals surface area contributed by atoms with Crippen LogP contribution in [0.25, 0.3) is 11.6 Å². The van der Waals surface area contributed by atoms with E-state index in [4.69, 9.17) is 5.11 Å². The van der Waals surface area contributed by atoms with Crippen molar-refractivity contribution in [3.8, 4) is 0 Å². The summed E-state index contributed by atoms with van der Waals surface area (Å²) < 4.78 is 0. The molecule has 0 aliphatic heterocycles. The number of carbonyl (C=O) groups is 2. The van der Waals surface area contributed by atoms with E-state index >= 15 is 0 Å². The van der Waals surface area contributed by atoms with Gasteiger partial charge in [0.25, 0.3) is 11.8 Å². The average molecular weight is 365 g/mol. The van der Waals surface area contributed by atoms with Crippen molar-refractivity contribution in [2.24, 2.45) is 0 Å². The third-order valence-electron chi connectivity index (χ3n) is 3.92. The molecule has 0 fully saturated rings. The quantitative estimate of drug-likeness (QED) is 0.657. The van der Waals surface area contributed by atoms with E-state index in [1.165, 1.54) is 6.08 Å². The monoisotopic (exact) mass is 365 g/mol. The molecule has 0 bridgehead atoms. The van der Waals surface area contributed by atoms with Gasteiger partial charge in [-0.2, -0.15) is 0 Å². The lowest BCUT2D eigenvalue weighted by atomic mass is 10.0. The number of rotatable bonds is 7. The van der Waals surface area contributed by atoms with Crippen LogP contribution >= 0.6 is 0 Å². The van der Waals surface area contributed by atoms with Crippen LogP contribution in [-0.2, 0) is 4.79 Å². The number of aliphatic hydroxyl groups excluding tert-OH is 1. The van der Waals surface area contributed by atoms with Gasteiger partial charge in [-0.15, -0.1) is 0 Å². The first-order chi connectivity index (χ1) is 13.0. The topological polar surface area (TPSA) is 91.3 Å². The van der Waals surface area contributed by atoms with E-state index in [-0.39, 0.29) is 18.8 Å². The fourth-order valence-electron chi connectivity index (χ4n) is 2.30. The molecule has 0 unspecified atom stereocenters. The maximum Gasteiger partial charge on any atom is 0.267 e. The number of amides is 2. The standard InChI is InChI=1S/C21H23N3O3/c1-3-15(2)17-6-8-18(9-7-17)20(26)24-19(21(27)23-11-12-25)13-16-5-4-10-22-14-16/h3-10,13-14,25H,11-12H2,1-2H3,(H,23,27)(H,24,26)/b15-3+,19-13-. The number of benzene rings is 1. The predicted octanol–water partition coefficient (Wildman–Crippen LogP) is 2.38. The van der Waals surface area contributed by atoms with E-state index < -0.39 is 11.8 Å². The molecule has 0 atom stereocenters. The first kappa shape index (κ1) is 20.1. The second-order valence-electron chi connectivity index (χ2n) is 5.83. The Morgan fingerprint density at radius 1 is 1.15 bits per heavy atom. The van der Waals surface area contributed by atoms with Crippen LogP contribution in [0.4, 0.5) is 0 Å². The lowest BCUT2D eigenvalue weighted by molar-refractivity contribution is -0.117. The second kappa shape index (κ2) is 10.0. The van der Waals surface area contributed by atoms with Gasteiger partial charge in [0.15, 0.2) is 0 Å². The van der Waals surface area contributed by atoms with Crippen molar-refractivity contribution >= 4 is 23.5 Å². The first-order valence-electron chi connectivity index (χ1n) is 8.60. The van der Waals surface area contributed by atoms with Gasteiger partial charge in [0, 0.05) is 24.5 Å². The molecule has 6 heteroatoms. The van der Waals surface area contributed by atoms with Gasteiger partial charge in [0.1, 0.15) is 5.70 Å². The van der Waals surface area contributed by atoms with E-state index in [1.54, 1.807) is 36.7 Å². The zero-order chi connectivity index (χ0) is 19.6. The van der Waals surface area contributed by atoms with Crippen LogP contribution in [-0.4, -0.2) is 35.1 Å². The summed E-state index contributed by atoms with van der Waals surface area (Å²) in [7, 11) is 0. The van der Waals surface area contributed by atoms with Crippen molar-refractivity contribution in [1.82, 2.24) is 15.6 Å². The van der Waals surface area contributed by atoms with Crippen molar-refractivity contribution in [2.75, 3.05) is 13.2 Å². The Labute approximate surface area is 158 Å². The molecule has 6 nitrogen and oxygen atoms in total. The van der Waals surface area contributed by atoms with Gasteiger partial charge < -0.3 is 15.7 Å². The summed E-state index contributed by atoms with van der Waals surface area (Å²) in [6.07, 6.45) is 6.74. The maximum absolute atomic E-state index is 12.6. The van der Waals surface area contributed by atoms with Crippen LogP contribution in [0.15, 0.2) is 60.6 Å². The minimum absolute atomic E-state index is 0.0789. The van der Waals surface area contributed by atoms with Crippen LogP contribution in [0.5, 0.6) is 0 Å². The molecule has 1 aromatic carbocycles. The fourth-order valence-corrected chi connectivity index (χ4v) is 2.30. The second-order valence-corrected chi connectivity index (χ2v) is 5.83. The molecule has 27 heavy (non-hydrogen) atoms. The third kappa shape index (κ3) is 5.90. The van der Waals surface area contributed by atoms with E-state index in [0.29, 0.717) is 11.1 Å². The van der Waals surface area contributed by atoms with Gasteiger partial charge >= 0.3 is 0 Å². The maximum atomic E-state index is 12.6. The number of nitrogens with zero attached hydrogens (tertiary/aromatic N) is 1. The molecule has 0 spiro atoms. The molecule has 0 aliphatic carbocycles. The molecule has 0 saturated heterocycles. The number of aromatic nitrogens is 1. The Kier molecular flexibility index (Phi) is 7.46. The highest BCUT2D eigenvalue weighted by molar-refractivity contribution is 6.05. The van der Waals surface area contributed by atoms with Crippen molar-refractivity contribution in [3.63, 3.8) is 0 Å². The van der Waals surface area contributed by atoms with Crippen molar-refractivity contribution in [2.45, 2.75) is 13.8 Å². The smallest absolute Gasteiger partial charge is 0.267 e. The van der Waals surface area contributed by atoms with Crippen LogP contribution in [0, 0.1) is 0 Å². The lowest BCUT2D eigenvalue weighted by Gasteiger charge is -2.11. The van der Waals surface area contributed by atoms with Crippen LogP contribution in [0.2, 0.25) is 0 Å². The molecular formula is C21H23N3O3. The molecule has 1 aromatic heterocycles. The number of nitrogens with one attached hydrogen (secondary N) is 2. The molecule has 2 aromatic rings. The largest absolute Gasteiger partial charge is 0.395 e. The molecule has 1 heterocycles. The van der Waals surface area contributed by atoms with Crippen LogP contribution < -0.4 is 10.6 Å². The minimum Gasteiger partial charge on any atom is -0.395 e. The van der Waals surface area contributed by atoms with Crippen molar-refractivity contribution in [1.29, 1.82) is 0 Å². The zero-order valence-electron chi connectivity index (χ0n) is 15.4. The third-order valence-corrected chi connectivity index (χ3v) is 3.92. The van der Waals surface area contributed by atoms with Crippen LogP contribution in [0.3, 0.4) is 0 Å². The van der Waals surface area contributed by atoms with Crippen molar-refractivity contribution in [3.05, 3.63) is 77.3 Å². The number of hydrogen-bond donors (Lipinski definition) is 3. The number of aliphatic hydroxyl groups is 1. The summed E-state index contributed by atoms with van der Waals surface area (Å²) in [5.41, 5.74) is 3.33. The predicted molar refractivity (Wildman–Crippen MR) is 106 cm³/mol. The fraction of sp³-hybridized carbons (Fsp3) is 0.190. The van der Waals surface area contributed by atoms with Crippen molar-refractivity contribution < 1.29 is 14.7 Å². The van der Waals surface area contributed by atoms with E-state index in [2.05, 4.69) is 15.6 Å². The highest BCUT2D eigenvalue weighted by Crippen LogP contribution is 2.14. The molecule has 140 valence electrons. The van der Waals surface area contributed by atoms with Gasteiger partial charge in [-0.1, -0.05) is 24.3 Å². The Hall–Kier alpha value is -3.25. The van der Waals surface area contributed by atoms with Gasteiger partial charge in [-0.25, -0.2) is 0 Å². The highest BCUT2D eigenvalue weighted by Gasteiger charge is 2.14. The summed E-state index contributed by atoms with van der Waals surface area (Å²) in [6, 6.07) is 10.7. The van der Waals surface area contributed by atoms with Crippen LogP contribution in [0.1, 0.15) is 35.3 Å². The van der Waals surface area contributed by atoms with Gasteiger partial charge in [-0.3, -0.25) is 14.6 Å². The first-order valence-corrected chi connectivity index (χ1v) is 8.60. The number of pyridine rings is 1. The summed E-state index contributed by atoms with van der Waals surface area (Å²) >= 11 is 0. The summed E-state index contributed by atoms with van der Waals surface area (Å²) in [6.45, 7) is 3.85. The molecule has 0 aliphatic rings. The number of allylic oxidation sites excluding steroid dienone is 2. The Morgan fingerprint density at radius 3 is 2.44 bits per heavy atom. The Morgan fingerprint density at radius 2 is 1.85 bits per heavy atom. The number of carbonyl (C=O) groups excluding carboxylic acids is 2. The summed E-state index contributed by atoms with van der Waals surface area (Å²) in [5, 5.41) is 14.1. The SMILES string of the molecule is C/C=C(\C)c1ccc(C(=O)N/C(=C\c2cccnc2)C(=O)NCCO)cc1. The van der Waals surface area contributed by atoms with Gasteiger partial charge in [-0.05, 0) is 54.8 Å². The Bertz CT molecular complexity index is 841. The average Bonchev–Trinajstić information content (AvgIpc) is 2.71. The van der Waals surface area contributed by atoms with E-state index in [9.17, 15) is 9.59 Å². The molecule has 0 saturated carbocycles. The normalized spacial score (nSPS) is 11.8. The molecule has 3 N–H and O–H groups in total. The van der Waals surface area contributed by atoms with Gasteiger partial charge in [0.2, 0.25) is 0 Å². The summed E-state index contributed by atoms with van der Waals surface area (Å²) in [5.74, 6) is -0.878. The highest BCUT2D eigenvalue weighted by atomic mass is 16.3. The molecule has 2 rings (SSSR count). The van der Waals surface area contributed by atoms with E-state index in [0.717, 1.165) is 11.1 Å². The summed E-state index contributed by atoms with van der Waals surface area (Å²) in [4.78, 5) is 28.9. The Balaban J connectivity index is 2.22. The molecular weight excluding hydrogens is 342 g/mol. The number of hydrogen-bond acceptors (Lipinski definition) is 4. The zero-order valence-corrected chi connectivity index (χ0v) is 15.4. The van der Waals surface area contributed by atoms with E-state index in [1.807, 2.05) is 32.1 Å². The minimum atomic E-state index is -0.484. The molecule has 2 amide bonds.